The lowest BCUT2D eigenvalue weighted by Gasteiger charge is -2.07. The van der Waals surface area contributed by atoms with E-state index in [0.29, 0.717) is 6.61 Å². The van der Waals surface area contributed by atoms with Crippen LogP contribution in [0.5, 0.6) is 5.75 Å². The molecule has 0 spiro atoms. The number of rotatable bonds is 7. The molecular weight excluding hydrogens is 238 g/mol. The molecule has 0 aliphatic heterocycles. The fourth-order valence-electron chi connectivity index (χ4n) is 1.77. The Morgan fingerprint density at radius 1 is 0.895 bits per heavy atom. The Hall–Kier alpha value is -1.84. The van der Waals surface area contributed by atoms with Gasteiger partial charge < -0.3 is 4.74 Å². The Balaban J connectivity index is 1.63. The van der Waals surface area contributed by atoms with Gasteiger partial charge in [0, 0.05) is 6.54 Å². The molecule has 0 saturated carbocycles. The second kappa shape index (κ2) is 7.56. The van der Waals surface area contributed by atoms with E-state index in [9.17, 15) is 0 Å². The number of hydrogen-bond donors (Lipinski definition) is 1. The van der Waals surface area contributed by atoms with Crippen LogP contribution in [0.3, 0.4) is 0 Å². The van der Waals surface area contributed by atoms with Gasteiger partial charge in [0.25, 0.3) is 0 Å². The minimum absolute atomic E-state index is 0.554. The van der Waals surface area contributed by atoms with Crippen molar-refractivity contribution in [2.45, 2.75) is 13.0 Å². The van der Waals surface area contributed by atoms with Crippen LogP contribution in [0.2, 0.25) is 0 Å². The predicted molar refractivity (Wildman–Crippen MR) is 75.9 cm³/mol. The first-order chi connectivity index (χ1) is 9.38. The standard InChI is InChI=1S/C16H19NO2/c1-18-16-9-7-15(8-10-16)13-19-17-12-11-14-5-3-2-4-6-14/h2-10,17H,11-13H2,1H3. The second-order valence-corrected chi connectivity index (χ2v) is 4.27. The minimum Gasteiger partial charge on any atom is -0.497 e. The number of hydroxylamine groups is 1. The van der Waals surface area contributed by atoms with Gasteiger partial charge in [0.2, 0.25) is 0 Å². The van der Waals surface area contributed by atoms with Gasteiger partial charge in [-0.1, -0.05) is 42.5 Å². The fraction of sp³-hybridized carbons (Fsp3) is 0.250. The molecule has 100 valence electrons. The molecular formula is C16H19NO2. The van der Waals surface area contributed by atoms with Crippen LogP contribution in [-0.4, -0.2) is 13.7 Å². The summed E-state index contributed by atoms with van der Waals surface area (Å²) in [5.74, 6) is 0.862. The van der Waals surface area contributed by atoms with Gasteiger partial charge in [0.15, 0.2) is 0 Å². The smallest absolute Gasteiger partial charge is 0.118 e. The number of benzene rings is 2. The van der Waals surface area contributed by atoms with Crippen molar-refractivity contribution >= 4 is 0 Å². The lowest BCUT2D eigenvalue weighted by Crippen LogP contribution is -2.17. The zero-order valence-electron chi connectivity index (χ0n) is 11.1. The average Bonchev–Trinajstić information content (AvgIpc) is 2.49. The first-order valence-electron chi connectivity index (χ1n) is 6.40. The summed E-state index contributed by atoms with van der Waals surface area (Å²) < 4.78 is 5.10. The molecule has 0 unspecified atom stereocenters. The minimum atomic E-state index is 0.554. The Labute approximate surface area is 114 Å². The van der Waals surface area contributed by atoms with Crippen LogP contribution in [0.4, 0.5) is 0 Å². The van der Waals surface area contributed by atoms with Crippen LogP contribution in [0.25, 0.3) is 0 Å². The van der Waals surface area contributed by atoms with Gasteiger partial charge in [-0.25, -0.2) is 5.48 Å². The van der Waals surface area contributed by atoms with Crippen molar-refractivity contribution in [3.05, 3.63) is 65.7 Å². The molecule has 2 rings (SSSR count). The topological polar surface area (TPSA) is 30.5 Å². The summed E-state index contributed by atoms with van der Waals surface area (Å²) in [6, 6.07) is 18.2. The van der Waals surface area contributed by atoms with Gasteiger partial charge in [-0.15, -0.1) is 0 Å². The molecule has 0 aliphatic rings. The summed E-state index contributed by atoms with van der Waals surface area (Å²) in [6.45, 7) is 1.36. The van der Waals surface area contributed by atoms with Gasteiger partial charge in [-0.2, -0.15) is 0 Å². The van der Waals surface area contributed by atoms with Crippen molar-refractivity contribution in [2.75, 3.05) is 13.7 Å². The van der Waals surface area contributed by atoms with Crippen LogP contribution in [0.15, 0.2) is 54.6 Å². The molecule has 0 bridgehead atoms. The van der Waals surface area contributed by atoms with E-state index in [0.717, 1.165) is 24.3 Å². The molecule has 2 aromatic rings. The van der Waals surface area contributed by atoms with E-state index in [-0.39, 0.29) is 0 Å². The Morgan fingerprint density at radius 3 is 2.32 bits per heavy atom. The zero-order valence-corrected chi connectivity index (χ0v) is 11.1. The Kier molecular flexibility index (Phi) is 5.41. The quantitative estimate of drug-likeness (QED) is 0.611. The highest BCUT2D eigenvalue weighted by molar-refractivity contribution is 5.26. The maximum Gasteiger partial charge on any atom is 0.118 e. The van der Waals surface area contributed by atoms with E-state index in [4.69, 9.17) is 9.57 Å². The van der Waals surface area contributed by atoms with Crippen molar-refractivity contribution in [2.24, 2.45) is 0 Å². The van der Waals surface area contributed by atoms with Gasteiger partial charge in [-0.05, 0) is 29.7 Å². The van der Waals surface area contributed by atoms with E-state index < -0.39 is 0 Å². The molecule has 1 N–H and O–H groups in total. The third kappa shape index (κ3) is 4.73. The molecule has 0 amide bonds. The maximum atomic E-state index is 5.42. The summed E-state index contributed by atoms with van der Waals surface area (Å²) >= 11 is 0. The summed E-state index contributed by atoms with van der Waals surface area (Å²) in [7, 11) is 1.66. The van der Waals surface area contributed by atoms with E-state index in [2.05, 4.69) is 17.6 Å². The van der Waals surface area contributed by atoms with Crippen LogP contribution in [0.1, 0.15) is 11.1 Å². The van der Waals surface area contributed by atoms with Crippen LogP contribution in [0, 0.1) is 0 Å². The van der Waals surface area contributed by atoms with Crippen molar-refractivity contribution in [1.82, 2.24) is 5.48 Å². The van der Waals surface area contributed by atoms with E-state index in [1.807, 2.05) is 42.5 Å². The first kappa shape index (κ1) is 13.6. The predicted octanol–water partition coefficient (Wildman–Crippen LogP) is 2.96. The average molecular weight is 257 g/mol. The molecule has 2 aromatic carbocycles. The van der Waals surface area contributed by atoms with E-state index in [1.165, 1.54) is 5.56 Å². The van der Waals surface area contributed by atoms with Crippen LogP contribution < -0.4 is 10.2 Å². The van der Waals surface area contributed by atoms with Gasteiger partial charge in [-0.3, -0.25) is 4.84 Å². The van der Waals surface area contributed by atoms with Gasteiger partial charge in [0.1, 0.15) is 5.75 Å². The van der Waals surface area contributed by atoms with Crippen molar-refractivity contribution in [3.63, 3.8) is 0 Å². The molecule has 0 fully saturated rings. The summed E-state index contributed by atoms with van der Waals surface area (Å²) in [6.07, 6.45) is 0.962. The molecule has 3 nitrogen and oxygen atoms in total. The lowest BCUT2D eigenvalue weighted by atomic mass is 10.2. The van der Waals surface area contributed by atoms with E-state index in [1.54, 1.807) is 7.11 Å². The summed E-state index contributed by atoms with van der Waals surface area (Å²) in [5.41, 5.74) is 5.41. The monoisotopic (exact) mass is 257 g/mol. The Morgan fingerprint density at radius 2 is 1.63 bits per heavy atom. The molecule has 0 heterocycles. The normalized spacial score (nSPS) is 10.4. The van der Waals surface area contributed by atoms with Gasteiger partial charge >= 0.3 is 0 Å². The molecule has 0 atom stereocenters. The number of hydrogen-bond acceptors (Lipinski definition) is 3. The highest BCUT2D eigenvalue weighted by atomic mass is 16.6. The zero-order chi connectivity index (χ0) is 13.3. The first-order valence-corrected chi connectivity index (χ1v) is 6.40. The molecule has 0 aromatic heterocycles. The maximum absolute atomic E-state index is 5.42. The number of ether oxygens (including phenoxy) is 1. The number of methoxy groups -OCH3 is 1. The molecule has 19 heavy (non-hydrogen) atoms. The Bertz CT molecular complexity index is 468. The second-order valence-electron chi connectivity index (χ2n) is 4.27. The van der Waals surface area contributed by atoms with Crippen LogP contribution in [-0.2, 0) is 17.9 Å². The van der Waals surface area contributed by atoms with Crippen molar-refractivity contribution in [3.8, 4) is 5.75 Å². The highest BCUT2D eigenvalue weighted by Gasteiger charge is 1.95. The van der Waals surface area contributed by atoms with Crippen LogP contribution >= 0.6 is 0 Å². The largest absolute Gasteiger partial charge is 0.497 e. The van der Waals surface area contributed by atoms with E-state index >= 15 is 0 Å². The molecule has 0 radical (unpaired) electrons. The van der Waals surface area contributed by atoms with Crippen molar-refractivity contribution in [1.29, 1.82) is 0 Å². The lowest BCUT2D eigenvalue weighted by molar-refractivity contribution is 0.0288. The third-order valence-electron chi connectivity index (χ3n) is 2.86. The van der Waals surface area contributed by atoms with Gasteiger partial charge in [0.05, 0.1) is 13.7 Å². The summed E-state index contributed by atoms with van der Waals surface area (Å²) in [5, 5.41) is 0. The summed E-state index contributed by atoms with van der Waals surface area (Å²) in [4.78, 5) is 5.42. The molecule has 0 saturated heterocycles. The molecule has 3 heteroatoms. The highest BCUT2D eigenvalue weighted by Crippen LogP contribution is 2.11. The van der Waals surface area contributed by atoms with Crippen molar-refractivity contribution < 1.29 is 9.57 Å². The number of nitrogens with one attached hydrogen (secondary N) is 1. The third-order valence-corrected chi connectivity index (χ3v) is 2.86. The SMILES string of the molecule is COc1ccc(CONCCc2ccccc2)cc1. The molecule has 0 aliphatic carbocycles. The fourth-order valence-corrected chi connectivity index (χ4v) is 1.77.